The Bertz CT molecular complexity index is 680. The Balaban J connectivity index is 2.26. The van der Waals surface area contributed by atoms with Gasteiger partial charge in [-0.15, -0.1) is 0 Å². The Morgan fingerprint density at radius 2 is 1.92 bits per heavy atom. The first-order chi connectivity index (χ1) is 11.3. The fourth-order valence-electron chi connectivity index (χ4n) is 2.83. The average molecular weight is 354 g/mol. The van der Waals surface area contributed by atoms with E-state index < -0.39 is 16.0 Å². The van der Waals surface area contributed by atoms with Crippen LogP contribution in [0.15, 0.2) is 23.1 Å². The van der Waals surface area contributed by atoms with E-state index in [0.29, 0.717) is 18.2 Å². The van der Waals surface area contributed by atoms with E-state index in [9.17, 15) is 18.3 Å². The Morgan fingerprint density at radius 3 is 2.50 bits per heavy atom. The van der Waals surface area contributed by atoms with Gasteiger partial charge < -0.3 is 10.0 Å². The Morgan fingerprint density at radius 1 is 1.25 bits per heavy atom. The molecule has 1 fully saturated rings. The summed E-state index contributed by atoms with van der Waals surface area (Å²) >= 11 is 0. The molecule has 1 aromatic rings. The van der Waals surface area contributed by atoms with Crippen LogP contribution in [-0.4, -0.2) is 39.1 Å². The maximum Gasteiger partial charge on any atom is 0.337 e. The third kappa shape index (κ3) is 4.70. The predicted molar refractivity (Wildman–Crippen MR) is 94.1 cm³/mol. The molecule has 0 aromatic heterocycles. The normalized spacial score (nSPS) is 15.7. The van der Waals surface area contributed by atoms with Gasteiger partial charge in [-0.1, -0.05) is 13.8 Å². The monoisotopic (exact) mass is 354 g/mol. The number of aromatic carboxylic acids is 1. The molecule has 24 heavy (non-hydrogen) atoms. The molecule has 0 amide bonds. The van der Waals surface area contributed by atoms with Gasteiger partial charge in [0.2, 0.25) is 10.0 Å². The minimum atomic E-state index is -3.69. The summed E-state index contributed by atoms with van der Waals surface area (Å²) in [6.45, 7) is 5.99. The summed E-state index contributed by atoms with van der Waals surface area (Å²) in [6, 6.07) is 4.38. The molecule has 2 rings (SSSR count). The maximum absolute atomic E-state index is 12.4. The molecular weight excluding hydrogens is 328 g/mol. The van der Waals surface area contributed by atoms with Crippen molar-refractivity contribution in [3.05, 3.63) is 23.8 Å². The second kappa shape index (κ2) is 7.98. The fourth-order valence-corrected chi connectivity index (χ4v) is 3.90. The van der Waals surface area contributed by atoms with Gasteiger partial charge in [-0.05, 0) is 49.8 Å². The van der Waals surface area contributed by atoms with Gasteiger partial charge in [0.25, 0.3) is 0 Å². The molecule has 0 bridgehead atoms. The summed E-state index contributed by atoms with van der Waals surface area (Å²) in [5.74, 6) is -0.710. The average Bonchev–Trinajstić information content (AvgIpc) is 2.54. The van der Waals surface area contributed by atoms with E-state index in [2.05, 4.69) is 4.72 Å². The van der Waals surface area contributed by atoms with Gasteiger partial charge >= 0.3 is 5.97 Å². The highest BCUT2D eigenvalue weighted by atomic mass is 32.2. The van der Waals surface area contributed by atoms with Gasteiger partial charge in [-0.2, -0.15) is 0 Å². The molecule has 6 nitrogen and oxygen atoms in total. The minimum absolute atomic E-state index is 0.00409. The summed E-state index contributed by atoms with van der Waals surface area (Å²) in [6.07, 6.45) is 3.92. The molecule has 0 spiro atoms. The Labute approximate surface area is 143 Å². The number of hydrogen-bond acceptors (Lipinski definition) is 4. The van der Waals surface area contributed by atoms with Gasteiger partial charge in [-0.25, -0.2) is 17.9 Å². The van der Waals surface area contributed by atoms with E-state index in [1.54, 1.807) is 6.07 Å². The highest BCUT2D eigenvalue weighted by molar-refractivity contribution is 7.89. The van der Waals surface area contributed by atoms with E-state index in [4.69, 9.17) is 0 Å². The SMILES string of the molecule is CC(C)CCNS(=O)(=O)c1ccc(N2CCCCC2)c(C(=O)O)c1. The summed E-state index contributed by atoms with van der Waals surface area (Å²) in [4.78, 5) is 13.6. The number of sulfonamides is 1. The van der Waals surface area contributed by atoms with Crippen LogP contribution in [0.2, 0.25) is 0 Å². The van der Waals surface area contributed by atoms with E-state index in [-0.39, 0.29) is 10.5 Å². The first-order valence-corrected chi connectivity index (χ1v) is 9.91. The highest BCUT2D eigenvalue weighted by Crippen LogP contribution is 2.27. The first-order valence-electron chi connectivity index (χ1n) is 8.43. The van der Waals surface area contributed by atoms with Crippen LogP contribution in [0, 0.1) is 5.92 Å². The number of carbonyl (C=O) groups is 1. The van der Waals surface area contributed by atoms with Crippen LogP contribution in [-0.2, 0) is 10.0 Å². The lowest BCUT2D eigenvalue weighted by Gasteiger charge is -2.30. The van der Waals surface area contributed by atoms with Crippen molar-refractivity contribution < 1.29 is 18.3 Å². The van der Waals surface area contributed by atoms with Crippen LogP contribution in [0.4, 0.5) is 5.69 Å². The molecule has 0 radical (unpaired) electrons. The summed E-state index contributed by atoms with van der Waals surface area (Å²) in [5, 5.41) is 9.49. The fraction of sp³-hybridized carbons (Fsp3) is 0.588. The van der Waals surface area contributed by atoms with Crippen molar-refractivity contribution in [3.63, 3.8) is 0 Å². The molecule has 0 atom stereocenters. The second-order valence-corrected chi connectivity index (χ2v) is 8.38. The second-order valence-electron chi connectivity index (χ2n) is 6.61. The molecule has 134 valence electrons. The van der Waals surface area contributed by atoms with E-state index in [1.807, 2.05) is 18.7 Å². The number of hydrogen-bond donors (Lipinski definition) is 2. The van der Waals surface area contributed by atoms with Gasteiger partial charge in [0.15, 0.2) is 0 Å². The maximum atomic E-state index is 12.4. The van der Waals surface area contributed by atoms with Crippen molar-refractivity contribution in [2.24, 2.45) is 5.92 Å². The molecule has 1 aromatic carbocycles. The highest BCUT2D eigenvalue weighted by Gasteiger charge is 2.22. The van der Waals surface area contributed by atoms with E-state index in [1.165, 1.54) is 12.1 Å². The summed E-state index contributed by atoms with van der Waals surface area (Å²) in [7, 11) is -3.69. The summed E-state index contributed by atoms with van der Waals surface area (Å²) < 4.78 is 27.3. The Hall–Kier alpha value is -1.60. The molecule has 1 heterocycles. The van der Waals surface area contributed by atoms with Crippen molar-refractivity contribution >= 4 is 21.7 Å². The van der Waals surface area contributed by atoms with Crippen molar-refractivity contribution in [2.45, 2.75) is 44.4 Å². The van der Waals surface area contributed by atoms with Crippen LogP contribution in [0.25, 0.3) is 0 Å². The molecule has 7 heteroatoms. The van der Waals surface area contributed by atoms with Crippen molar-refractivity contribution in [2.75, 3.05) is 24.5 Å². The molecule has 0 aliphatic carbocycles. The number of rotatable bonds is 7. The number of nitrogens with one attached hydrogen (secondary N) is 1. The van der Waals surface area contributed by atoms with E-state index in [0.717, 1.165) is 38.8 Å². The zero-order valence-corrected chi connectivity index (χ0v) is 15.1. The molecule has 1 saturated heterocycles. The molecule has 2 N–H and O–H groups in total. The predicted octanol–water partition coefficient (Wildman–Crippen LogP) is 2.70. The van der Waals surface area contributed by atoms with Gasteiger partial charge in [-0.3, -0.25) is 0 Å². The zero-order chi connectivity index (χ0) is 17.7. The molecule has 0 unspecified atom stereocenters. The number of carboxylic acids is 1. The number of carboxylic acid groups (broad SMARTS) is 1. The standard InChI is InChI=1S/C17H26N2O4S/c1-13(2)8-9-18-24(22,23)14-6-7-16(15(12-14)17(20)21)19-10-4-3-5-11-19/h6-7,12-13,18H,3-5,8-11H2,1-2H3,(H,20,21). The number of piperidine rings is 1. The van der Waals surface area contributed by atoms with Crippen molar-refractivity contribution in [1.82, 2.24) is 4.72 Å². The van der Waals surface area contributed by atoms with Crippen LogP contribution in [0.3, 0.4) is 0 Å². The third-order valence-corrected chi connectivity index (χ3v) is 5.68. The van der Waals surface area contributed by atoms with Crippen LogP contribution >= 0.6 is 0 Å². The van der Waals surface area contributed by atoms with Gasteiger partial charge in [0.05, 0.1) is 16.1 Å². The number of anilines is 1. The number of nitrogens with zero attached hydrogens (tertiary/aromatic N) is 1. The third-order valence-electron chi connectivity index (χ3n) is 4.22. The first kappa shape index (κ1) is 18.7. The molecular formula is C17H26N2O4S. The van der Waals surface area contributed by atoms with Gasteiger partial charge in [0, 0.05) is 19.6 Å². The van der Waals surface area contributed by atoms with Crippen LogP contribution in [0.5, 0.6) is 0 Å². The molecule has 0 saturated carbocycles. The topological polar surface area (TPSA) is 86.7 Å². The van der Waals surface area contributed by atoms with Crippen LogP contribution < -0.4 is 9.62 Å². The van der Waals surface area contributed by atoms with Crippen LogP contribution in [0.1, 0.15) is 49.9 Å². The smallest absolute Gasteiger partial charge is 0.337 e. The molecule has 1 aliphatic heterocycles. The lowest BCUT2D eigenvalue weighted by atomic mass is 10.1. The largest absolute Gasteiger partial charge is 0.478 e. The Kier molecular flexibility index (Phi) is 6.23. The van der Waals surface area contributed by atoms with Crippen molar-refractivity contribution in [1.29, 1.82) is 0 Å². The van der Waals surface area contributed by atoms with E-state index >= 15 is 0 Å². The molecule has 1 aliphatic rings. The lowest BCUT2D eigenvalue weighted by Crippen LogP contribution is -2.31. The van der Waals surface area contributed by atoms with Crippen molar-refractivity contribution in [3.8, 4) is 0 Å². The number of benzene rings is 1. The lowest BCUT2D eigenvalue weighted by molar-refractivity contribution is 0.0697. The quantitative estimate of drug-likeness (QED) is 0.786. The summed E-state index contributed by atoms with van der Waals surface area (Å²) in [5.41, 5.74) is 0.645. The minimum Gasteiger partial charge on any atom is -0.478 e. The van der Waals surface area contributed by atoms with Gasteiger partial charge in [0.1, 0.15) is 0 Å². The zero-order valence-electron chi connectivity index (χ0n) is 14.3.